The van der Waals surface area contributed by atoms with Gasteiger partial charge in [-0.3, -0.25) is 0 Å². The number of nitrogens with two attached hydrogens (primary N) is 1. The molecule has 0 spiro atoms. The van der Waals surface area contributed by atoms with Crippen LogP contribution in [0.4, 0.5) is 0 Å². The highest BCUT2D eigenvalue weighted by molar-refractivity contribution is 5.78. The SMILES string of the molecule is NCCC1=NC2C(O)CC(CO)CC2O1. The molecular formula is C10H18N2O3. The Balaban J connectivity index is 2.00. The summed E-state index contributed by atoms with van der Waals surface area (Å²) in [7, 11) is 0. The highest BCUT2D eigenvalue weighted by Gasteiger charge is 2.42. The van der Waals surface area contributed by atoms with Crippen LogP contribution in [0.1, 0.15) is 19.3 Å². The van der Waals surface area contributed by atoms with Crippen molar-refractivity contribution in [2.75, 3.05) is 13.2 Å². The summed E-state index contributed by atoms with van der Waals surface area (Å²) in [6.45, 7) is 0.619. The highest BCUT2D eigenvalue weighted by atomic mass is 16.5. The van der Waals surface area contributed by atoms with Crippen molar-refractivity contribution in [2.24, 2.45) is 16.6 Å². The first kappa shape index (κ1) is 10.9. The number of ether oxygens (including phenoxy) is 1. The van der Waals surface area contributed by atoms with E-state index in [4.69, 9.17) is 15.6 Å². The van der Waals surface area contributed by atoms with Crippen LogP contribution in [0.15, 0.2) is 4.99 Å². The van der Waals surface area contributed by atoms with Crippen molar-refractivity contribution in [3.8, 4) is 0 Å². The van der Waals surface area contributed by atoms with E-state index in [9.17, 15) is 5.11 Å². The van der Waals surface area contributed by atoms with E-state index >= 15 is 0 Å². The predicted molar refractivity (Wildman–Crippen MR) is 55.6 cm³/mol. The van der Waals surface area contributed by atoms with Crippen molar-refractivity contribution >= 4 is 5.90 Å². The highest BCUT2D eigenvalue weighted by Crippen LogP contribution is 2.32. The Morgan fingerprint density at radius 3 is 2.93 bits per heavy atom. The monoisotopic (exact) mass is 214 g/mol. The van der Waals surface area contributed by atoms with Crippen molar-refractivity contribution in [1.82, 2.24) is 0 Å². The summed E-state index contributed by atoms with van der Waals surface area (Å²) >= 11 is 0. The molecule has 4 atom stereocenters. The molecule has 5 nitrogen and oxygen atoms in total. The van der Waals surface area contributed by atoms with Crippen LogP contribution >= 0.6 is 0 Å². The van der Waals surface area contributed by atoms with Gasteiger partial charge in [-0.15, -0.1) is 0 Å². The number of aliphatic hydroxyl groups excluding tert-OH is 2. The Hall–Kier alpha value is -0.650. The number of nitrogens with zero attached hydrogens (tertiary/aromatic N) is 1. The second kappa shape index (κ2) is 4.47. The summed E-state index contributed by atoms with van der Waals surface area (Å²) < 4.78 is 5.61. The van der Waals surface area contributed by atoms with Crippen molar-refractivity contribution in [2.45, 2.75) is 37.5 Å². The first-order chi connectivity index (χ1) is 7.24. The molecule has 4 unspecified atom stereocenters. The van der Waals surface area contributed by atoms with Crippen LogP contribution < -0.4 is 5.73 Å². The van der Waals surface area contributed by atoms with E-state index < -0.39 is 6.10 Å². The fourth-order valence-electron chi connectivity index (χ4n) is 2.35. The van der Waals surface area contributed by atoms with Crippen LogP contribution in [0.3, 0.4) is 0 Å². The molecular weight excluding hydrogens is 196 g/mol. The van der Waals surface area contributed by atoms with E-state index in [0.29, 0.717) is 25.3 Å². The van der Waals surface area contributed by atoms with Crippen LogP contribution in [0.5, 0.6) is 0 Å². The minimum Gasteiger partial charge on any atom is -0.475 e. The van der Waals surface area contributed by atoms with Gasteiger partial charge in [0.25, 0.3) is 0 Å². The number of hydrogen-bond acceptors (Lipinski definition) is 5. The molecule has 0 aromatic rings. The fourth-order valence-corrected chi connectivity index (χ4v) is 2.35. The molecule has 1 heterocycles. The van der Waals surface area contributed by atoms with Crippen LogP contribution in [-0.4, -0.2) is 47.5 Å². The summed E-state index contributed by atoms with van der Waals surface area (Å²) in [4.78, 5) is 4.33. The lowest BCUT2D eigenvalue weighted by atomic mass is 9.83. The Labute approximate surface area is 88.9 Å². The number of hydrogen-bond donors (Lipinski definition) is 3. The normalized spacial score (nSPS) is 39.5. The molecule has 5 heteroatoms. The van der Waals surface area contributed by atoms with E-state index in [1.165, 1.54) is 0 Å². The molecule has 1 aliphatic carbocycles. The Morgan fingerprint density at radius 2 is 2.27 bits per heavy atom. The smallest absolute Gasteiger partial charge is 0.185 e. The Morgan fingerprint density at radius 1 is 1.47 bits per heavy atom. The quantitative estimate of drug-likeness (QED) is 0.577. The summed E-state index contributed by atoms with van der Waals surface area (Å²) in [5.41, 5.74) is 5.42. The molecule has 86 valence electrons. The lowest BCUT2D eigenvalue weighted by Crippen LogP contribution is -2.42. The zero-order valence-corrected chi connectivity index (χ0v) is 8.67. The van der Waals surface area contributed by atoms with Crippen molar-refractivity contribution < 1.29 is 14.9 Å². The maximum atomic E-state index is 9.84. The van der Waals surface area contributed by atoms with Crippen LogP contribution in [0.25, 0.3) is 0 Å². The van der Waals surface area contributed by atoms with Crippen LogP contribution in [0, 0.1) is 5.92 Å². The minimum absolute atomic E-state index is 0.0625. The van der Waals surface area contributed by atoms with Crippen molar-refractivity contribution in [1.29, 1.82) is 0 Å². The van der Waals surface area contributed by atoms with E-state index in [0.717, 1.165) is 6.42 Å². The molecule has 4 N–H and O–H groups in total. The topological polar surface area (TPSA) is 88.1 Å². The minimum atomic E-state index is -0.490. The summed E-state index contributed by atoms with van der Waals surface area (Å²) in [5.74, 6) is 0.791. The van der Waals surface area contributed by atoms with E-state index in [-0.39, 0.29) is 24.7 Å². The molecule has 1 aliphatic heterocycles. The number of fused-ring (bicyclic) bond motifs is 1. The molecule has 1 saturated carbocycles. The van der Waals surface area contributed by atoms with Gasteiger partial charge in [-0.1, -0.05) is 0 Å². The van der Waals surface area contributed by atoms with Gasteiger partial charge in [0, 0.05) is 19.6 Å². The standard InChI is InChI=1S/C10H18N2O3/c11-2-1-9-12-10-7(14)3-6(5-13)4-8(10)15-9/h6-8,10,13-14H,1-5,11H2. The molecule has 0 amide bonds. The number of aliphatic imine (C=N–C) groups is 1. The summed E-state index contributed by atoms with van der Waals surface area (Å²) in [6.07, 6.45) is 1.46. The van der Waals surface area contributed by atoms with Gasteiger partial charge in [0.05, 0.1) is 6.10 Å². The molecule has 0 bridgehead atoms. The average Bonchev–Trinajstić information content (AvgIpc) is 2.61. The van der Waals surface area contributed by atoms with Gasteiger partial charge < -0.3 is 20.7 Å². The Kier molecular flexibility index (Phi) is 3.23. The van der Waals surface area contributed by atoms with Gasteiger partial charge in [0.1, 0.15) is 12.1 Å². The summed E-state index contributed by atoms with van der Waals surface area (Å²) in [6, 6.07) is -0.144. The molecule has 0 radical (unpaired) electrons. The van der Waals surface area contributed by atoms with Gasteiger partial charge in [0.15, 0.2) is 5.90 Å². The maximum absolute atomic E-state index is 9.84. The number of aliphatic hydroxyl groups is 2. The zero-order chi connectivity index (χ0) is 10.8. The lowest BCUT2D eigenvalue weighted by molar-refractivity contribution is 0.00304. The molecule has 2 rings (SSSR count). The summed E-state index contributed by atoms with van der Waals surface area (Å²) in [5, 5.41) is 18.9. The van der Waals surface area contributed by atoms with Gasteiger partial charge in [-0.05, 0) is 18.8 Å². The number of rotatable bonds is 3. The van der Waals surface area contributed by atoms with E-state index in [1.54, 1.807) is 0 Å². The second-order valence-electron chi connectivity index (χ2n) is 4.30. The van der Waals surface area contributed by atoms with Gasteiger partial charge in [-0.25, -0.2) is 4.99 Å². The van der Waals surface area contributed by atoms with Crippen LogP contribution in [0.2, 0.25) is 0 Å². The third-order valence-electron chi connectivity index (χ3n) is 3.11. The second-order valence-corrected chi connectivity index (χ2v) is 4.30. The first-order valence-electron chi connectivity index (χ1n) is 5.47. The lowest BCUT2D eigenvalue weighted by Gasteiger charge is -2.32. The van der Waals surface area contributed by atoms with Gasteiger partial charge in [0.2, 0.25) is 0 Å². The zero-order valence-electron chi connectivity index (χ0n) is 8.67. The van der Waals surface area contributed by atoms with Gasteiger partial charge >= 0.3 is 0 Å². The predicted octanol–water partition coefficient (Wildman–Crippen LogP) is -0.736. The average molecular weight is 214 g/mol. The first-order valence-corrected chi connectivity index (χ1v) is 5.47. The molecule has 0 saturated heterocycles. The van der Waals surface area contributed by atoms with Crippen molar-refractivity contribution in [3.05, 3.63) is 0 Å². The van der Waals surface area contributed by atoms with Gasteiger partial charge in [-0.2, -0.15) is 0 Å². The third-order valence-corrected chi connectivity index (χ3v) is 3.11. The fraction of sp³-hybridized carbons (Fsp3) is 0.900. The van der Waals surface area contributed by atoms with Crippen LogP contribution in [-0.2, 0) is 4.74 Å². The van der Waals surface area contributed by atoms with Crippen molar-refractivity contribution in [3.63, 3.8) is 0 Å². The van der Waals surface area contributed by atoms with E-state index in [1.807, 2.05) is 0 Å². The molecule has 0 aromatic heterocycles. The molecule has 1 fully saturated rings. The molecule has 2 aliphatic rings. The molecule has 15 heavy (non-hydrogen) atoms. The largest absolute Gasteiger partial charge is 0.475 e. The maximum Gasteiger partial charge on any atom is 0.185 e. The Bertz CT molecular complexity index is 257. The third kappa shape index (κ3) is 2.14. The van der Waals surface area contributed by atoms with E-state index in [2.05, 4.69) is 4.99 Å². The molecule has 0 aromatic carbocycles.